The standard InChI is InChI=1S/C14H18/c1-3-6-12-7-5-8-13-9-11(4-2)10-14(12)13/h5,7-9H,3-4,6,10H2,1-2H3. The molecule has 0 heteroatoms. The quantitative estimate of drug-likeness (QED) is 0.669. The van der Waals surface area contributed by atoms with Gasteiger partial charge in [-0.05, 0) is 36.0 Å². The number of fused-ring (bicyclic) bond motifs is 1. The Hall–Kier alpha value is -1.04. The Kier molecular flexibility index (Phi) is 2.72. The zero-order chi connectivity index (χ0) is 9.97. The van der Waals surface area contributed by atoms with Crippen LogP contribution in [0.25, 0.3) is 6.08 Å². The van der Waals surface area contributed by atoms with Crippen molar-refractivity contribution >= 4 is 6.08 Å². The zero-order valence-corrected chi connectivity index (χ0v) is 9.14. The van der Waals surface area contributed by atoms with Crippen LogP contribution in [0.3, 0.4) is 0 Å². The summed E-state index contributed by atoms with van der Waals surface area (Å²) in [6, 6.07) is 6.73. The van der Waals surface area contributed by atoms with E-state index in [1.165, 1.54) is 31.2 Å². The van der Waals surface area contributed by atoms with Crippen LogP contribution >= 0.6 is 0 Å². The third-order valence-corrected chi connectivity index (χ3v) is 3.05. The van der Waals surface area contributed by atoms with E-state index in [1.54, 1.807) is 16.7 Å². The lowest BCUT2D eigenvalue weighted by Gasteiger charge is -2.06. The summed E-state index contributed by atoms with van der Waals surface area (Å²) in [6.45, 7) is 4.50. The summed E-state index contributed by atoms with van der Waals surface area (Å²) in [5.41, 5.74) is 6.20. The van der Waals surface area contributed by atoms with Crippen molar-refractivity contribution < 1.29 is 0 Å². The third-order valence-electron chi connectivity index (χ3n) is 3.05. The highest BCUT2D eigenvalue weighted by Gasteiger charge is 2.13. The average Bonchev–Trinajstić information content (AvgIpc) is 2.62. The first-order valence-electron chi connectivity index (χ1n) is 5.65. The van der Waals surface area contributed by atoms with E-state index in [9.17, 15) is 0 Å². The molecule has 0 spiro atoms. The lowest BCUT2D eigenvalue weighted by molar-refractivity contribution is 0.900. The summed E-state index contributed by atoms with van der Waals surface area (Å²) >= 11 is 0. The minimum Gasteiger partial charge on any atom is -0.0655 e. The normalized spacial score (nSPS) is 14.0. The van der Waals surface area contributed by atoms with Crippen LogP contribution < -0.4 is 0 Å². The van der Waals surface area contributed by atoms with Crippen molar-refractivity contribution in [3.05, 3.63) is 40.5 Å². The highest BCUT2D eigenvalue weighted by molar-refractivity contribution is 5.65. The fourth-order valence-electron chi connectivity index (χ4n) is 2.23. The van der Waals surface area contributed by atoms with Crippen LogP contribution in [-0.2, 0) is 12.8 Å². The maximum absolute atomic E-state index is 2.37. The predicted molar refractivity (Wildman–Crippen MR) is 62.4 cm³/mol. The van der Waals surface area contributed by atoms with E-state index in [1.807, 2.05) is 0 Å². The van der Waals surface area contributed by atoms with Crippen LogP contribution in [-0.4, -0.2) is 0 Å². The second kappa shape index (κ2) is 4.00. The van der Waals surface area contributed by atoms with Gasteiger partial charge in [-0.1, -0.05) is 50.1 Å². The Labute approximate surface area is 86.7 Å². The highest BCUT2D eigenvalue weighted by Crippen LogP contribution is 2.29. The summed E-state index contributed by atoms with van der Waals surface area (Å²) in [4.78, 5) is 0. The molecule has 0 unspecified atom stereocenters. The molecule has 0 heterocycles. The summed E-state index contributed by atoms with van der Waals surface area (Å²) in [5, 5.41) is 0. The molecule has 1 aromatic carbocycles. The lowest BCUT2D eigenvalue weighted by Crippen LogP contribution is -1.93. The van der Waals surface area contributed by atoms with E-state index in [0.29, 0.717) is 0 Å². The van der Waals surface area contributed by atoms with E-state index < -0.39 is 0 Å². The Morgan fingerprint density at radius 3 is 2.79 bits per heavy atom. The average molecular weight is 186 g/mol. The Morgan fingerprint density at radius 1 is 1.21 bits per heavy atom. The highest BCUT2D eigenvalue weighted by atomic mass is 14.2. The van der Waals surface area contributed by atoms with Gasteiger partial charge in [0.25, 0.3) is 0 Å². The van der Waals surface area contributed by atoms with Crippen molar-refractivity contribution in [2.45, 2.75) is 39.5 Å². The molecule has 2 rings (SSSR count). The van der Waals surface area contributed by atoms with Crippen molar-refractivity contribution in [3.8, 4) is 0 Å². The molecule has 74 valence electrons. The number of aryl methyl sites for hydroxylation is 1. The van der Waals surface area contributed by atoms with Gasteiger partial charge in [-0.25, -0.2) is 0 Å². The fourth-order valence-corrected chi connectivity index (χ4v) is 2.23. The van der Waals surface area contributed by atoms with Gasteiger partial charge in [0.05, 0.1) is 0 Å². The molecule has 0 aromatic heterocycles. The molecule has 0 aliphatic heterocycles. The first-order valence-corrected chi connectivity index (χ1v) is 5.65. The summed E-state index contributed by atoms with van der Waals surface area (Å²) in [7, 11) is 0. The van der Waals surface area contributed by atoms with Crippen LogP contribution in [0.15, 0.2) is 23.8 Å². The molecule has 1 aliphatic rings. The van der Waals surface area contributed by atoms with Gasteiger partial charge in [0, 0.05) is 0 Å². The molecule has 0 saturated carbocycles. The summed E-state index contributed by atoms with van der Waals surface area (Å²) in [6.07, 6.45) is 7.24. The van der Waals surface area contributed by atoms with Crippen molar-refractivity contribution in [1.82, 2.24) is 0 Å². The van der Waals surface area contributed by atoms with Gasteiger partial charge in [0.1, 0.15) is 0 Å². The molecule has 1 aliphatic carbocycles. The van der Waals surface area contributed by atoms with Gasteiger partial charge in [-0.15, -0.1) is 0 Å². The fraction of sp³-hybridized carbons (Fsp3) is 0.429. The molecule has 0 radical (unpaired) electrons. The van der Waals surface area contributed by atoms with Gasteiger partial charge >= 0.3 is 0 Å². The van der Waals surface area contributed by atoms with Gasteiger partial charge in [0.2, 0.25) is 0 Å². The second-order valence-corrected chi connectivity index (χ2v) is 4.07. The summed E-state index contributed by atoms with van der Waals surface area (Å²) in [5.74, 6) is 0. The largest absolute Gasteiger partial charge is 0.0655 e. The van der Waals surface area contributed by atoms with Gasteiger partial charge in [-0.3, -0.25) is 0 Å². The van der Waals surface area contributed by atoms with Crippen LogP contribution in [0.5, 0.6) is 0 Å². The van der Waals surface area contributed by atoms with Gasteiger partial charge in [-0.2, -0.15) is 0 Å². The molecule has 0 amide bonds. The van der Waals surface area contributed by atoms with Crippen LogP contribution in [0, 0.1) is 0 Å². The summed E-state index contributed by atoms with van der Waals surface area (Å²) < 4.78 is 0. The molecular formula is C14H18. The maximum Gasteiger partial charge on any atom is -0.00552 e. The minimum atomic E-state index is 1.19. The topological polar surface area (TPSA) is 0 Å². The first kappa shape index (κ1) is 9.51. The van der Waals surface area contributed by atoms with Gasteiger partial charge in [0.15, 0.2) is 0 Å². The van der Waals surface area contributed by atoms with Crippen molar-refractivity contribution in [2.24, 2.45) is 0 Å². The van der Waals surface area contributed by atoms with Crippen molar-refractivity contribution in [3.63, 3.8) is 0 Å². The van der Waals surface area contributed by atoms with Crippen LogP contribution in [0.1, 0.15) is 43.4 Å². The number of rotatable bonds is 3. The third kappa shape index (κ3) is 1.61. The number of allylic oxidation sites excluding steroid dienone is 1. The van der Waals surface area contributed by atoms with E-state index in [-0.39, 0.29) is 0 Å². The molecule has 0 nitrogen and oxygen atoms in total. The molecular weight excluding hydrogens is 168 g/mol. The monoisotopic (exact) mass is 186 g/mol. The SMILES string of the molecule is CCCc1cccc2c1CC(CC)=C2. The van der Waals surface area contributed by atoms with E-state index in [4.69, 9.17) is 0 Å². The van der Waals surface area contributed by atoms with E-state index in [0.717, 1.165) is 0 Å². The Morgan fingerprint density at radius 2 is 2.07 bits per heavy atom. The zero-order valence-electron chi connectivity index (χ0n) is 9.14. The lowest BCUT2D eigenvalue weighted by atomic mass is 9.98. The Bertz CT molecular complexity index is 358. The molecule has 0 N–H and O–H groups in total. The molecule has 14 heavy (non-hydrogen) atoms. The number of benzene rings is 1. The number of hydrogen-bond donors (Lipinski definition) is 0. The van der Waals surface area contributed by atoms with Gasteiger partial charge < -0.3 is 0 Å². The molecule has 0 saturated heterocycles. The van der Waals surface area contributed by atoms with Crippen LogP contribution in [0.2, 0.25) is 0 Å². The first-order chi connectivity index (χ1) is 6.85. The van der Waals surface area contributed by atoms with E-state index >= 15 is 0 Å². The Balaban J connectivity index is 2.33. The molecule has 0 atom stereocenters. The van der Waals surface area contributed by atoms with Crippen molar-refractivity contribution in [2.75, 3.05) is 0 Å². The minimum absolute atomic E-state index is 1.19. The molecule has 0 bridgehead atoms. The molecule has 0 fully saturated rings. The molecule has 1 aromatic rings. The predicted octanol–water partition coefficient (Wildman–Crippen LogP) is 3.99. The van der Waals surface area contributed by atoms with Crippen LogP contribution in [0.4, 0.5) is 0 Å². The number of hydrogen-bond acceptors (Lipinski definition) is 0. The maximum atomic E-state index is 2.37. The van der Waals surface area contributed by atoms with Crippen molar-refractivity contribution in [1.29, 1.82) is 0 Å². The second-order valence-electron chi connectivity index (χ2n) is 4.07. The smallest absolute Gasteiger partial charge is 0.00552 e. The van der Waals surface area contributed by atoms with E-state index in [2.05, 4.69) is 38.1 Å².